The summed E-state index contributed by atoms with van der Waals surface area (Å²) in [6.07, 6.45) is 0. The van der Waals surface area contributed by atoms with Crippen molar-refractivity contribution in [3.8, 4) is 5.88 Å². The number of hydrogen-bond donors (Lipinski definition) is 1. The number of ether oxygens (including phenoxy) is 1. The lowest BCUT2D eigenvalue weighted by molar-refractivity contribution is 0.398. The molecule has 0 unspecified atom stereocenters. The minimum Gasteiger partial charge on any atom is -0.481 e. The van der Waals surface area contributed by atoms with Crippen LogP contribution in [-0.4, -0.2) is 12.1 Å². The number of pyridine rings is 1. The van der Waals surface area contributed by atoms with Gasteiger partial charge >= 0.3 is 0 Å². The zero-order valence-corrected chi connectivity index (χ0v) is 10.1. The molecule has 2 aromatic rings. The molecule has 1 aromatic carbocycles. The summed E-state index contributed by atoms with van der Waals surface area (Å²) in [5.41, 5.74) is 1.23. The van der Waals surface area contributed by atoms with E-state index in [0.717, 1.165) is 5.82 Å². The Morgan fingerprint density at radius 1 is 1.06 bits per heavy atom. The zero-order valence-electron chi connectivity index (χ0n) is 10.1. The maximum absolute atomic E-state index is 5.09. The number of anilines is 1. The molecule has 0 fully saturated rings. The maximum atomic E-state index is 5.09. The highest BCUT2D eigenvalue weighted by Gasteiger charge is 2.05. The predicted octanol–water partition coefficient (Wildman–Crippen LogP) is 3.26. The minimum absolute atomic E-state index is 0.218. The Labute approximate surface area is 101 Å². The van der Waals surface area contributed by atoms with Crippen LogP contribution in [0.1, 0.15) is 18.5 Å². The van der Waals surface area contributed by atoms with Crippen molar-refractivity contribution in [3.63, 3.8) is 0 Å². The molecule has 88 valence electrons. The van der Waals surface area contributed by atoms with Gasteiger partial charge in [0.05, 0.1) is 7.11 Å². The third kappa shape index (κ3) is 2.97. The topological polar surface area (TPSA) is 34.1 Å². The highest BCUT2D eigenvalue weighted by Crippen LogP contribution is 2.18. The Morgan fingerprint density at radius 2 is 1.82 bits per heavy atom. The van der Waals surface area contributed by atoms with Crippen molar-refractivity contribution < 1.29 is 4.74 Å². The molecule has 0 aliphatic heterocycles. The van der Waals surface area contributed by atoms with Crippen LogP contribution in [0.25, 0.3) is 0 Å². The van der Waals surface area contributed by atoms with E-state index < -0.39 is 0 Å². The monoisotopic (exact) mass is 228 g/mol. The van der Waals surface area contributed by atoms with Gasteiger partial charge < -0.3 is 10.1 Å². The van der Waals surface area contributed by atoms with Gasteiger partial charge in [0.25, 0.3) is 0 Å². The predicted molar refractivity (Wildman–Crippen MR) is 69.3 cm³/mol. The summed E-state index contributed by atoms with van der Waals surface area (Å²) < 4.78 is 5.09. The van der Waals surface area contributed by atoms with Gasteiger partial charge in [-0.05, 0) is 18.6 Å². The summed E-state index contributed by atoms with van der Waals surface area (Å²) in [5, 5.41) is 3.34. The first kappa shape index (κ1) is 11.5. The first-order valence-corrected chi connectivity index (χ1v) is 5.62. The summed E-state index contributed by atoms with van der Waals surface area (Å²) in [6.45, 7) is 2.11. The van der Waals surface area contributed by atoms with Crippen molar-refractivity contribution in [3.05, 3.63) is 54.1 Å². The molecule has 1 aromatic heterocycles. The zero-order chi connectivity index (χ0) is 12.1. The Morgan fingerprint density at radius 3 is 2.53 bits per heavy atom. The highest BCUT2D eigenvalue weighted by molar-refractivity contribution is 5.40. The largest absolute Gasteiger partial charge is 0.481 e. The van der Waals surface area contributed by atoms with Gasteiger partial charge in [0, 0.05) is 12.1 Å². The van der Waals surface area contributed by atoms with Crippen LogP contribution in [0.2, 0.25) is 0 Å². The van der Waals surface area contributed by atoms with Crippen LogP contribution in [0.4, 0.5) is 5.82 Å². The average Bonchev–Trinajstić information content (AvgIpc) is 2.40. The summed E-state index contributed by atoms with van der Waals surface area (Å²) in [4.78, 5) is 4.32. The first-order chi connectivity index (χ1) is 8.29. The van der Waals surface area contributed by atoms with Crippen LogP contribution in [-0.2, 0) is 0 Å². The van der Waals surface area contributed by atoms with E-state index in [1.807, 2.05) is 36.4 Å². The molecule has 2 rings (SSSR count). The van der Waals surface area contributed by atoms with E-state index in [9.17, 15) is 0 Å². The third-order valence-corrected chi connectivity index (χ3v) is 2.60. The second kappa shape index (κ2) is 5.34. The lowest BCUT2D eigenvalue weighted by Gasteiger charge is -2.15. The SMILES string of the molecule is COc1cccc(N[C@H](C)c2ccccc2)n1. The Balaban J connectivity index is 2.10. The van der Waals surface area contributed by atoms with E-state index in [2.05, 4.69) is 29.4 Å². The molecular weight excluding hydrogens is 212 g/mol. The van der Waals surface area contributed by atoms with Gasteiger partial charge in [0.1, 0.15) is 5.82 Å². The second-order valence-electron chi connectivity index (χ2n) is 3.84. The van der Waals surface area contributed by atoms with Crippen LogP contribution < -0.4 is 10.1 Å². The molecule has 1 heterocycles. The number of methoxy groups -OCH3 is 1. The van der Waals surface area contributed by atoms with Crippen LogP contribution in [0, 0.1) is 0 Å². The molecule has 17 heavy (non-hydrogen) atoms. The molecule has 0 saturated carbocycles. The van der Waals surface area contributed by atoms with E-state index >= 15 is 0 Å². The van der Waals surface area contributed by atoms with Crippen molar-refractivity contribution >= 4 is 5.82 Å². The number of nitrogens with zero attached hydrogens (tertiary/aromatic N) is 1. The van der Waals surface area contributed by atoms with E-state index in [1.165, 1.54) is 5.56 Å². The summed E-state index contributed by atoms with van der Waals surface area (Å²) in [7, 11) is 1.62. The molecule has 0 saturated heterocycles. The van der Waals surface area contributed by atoms with Gasteiger partial charge in [-0.15, -0.1) is 0 Å². The summed E-state index contributed by atoms with van der Waals surface area (Å²) >= 11 is 0. The molecule has 3 heteroatoms. The van der Waals surface area contributed by atoms with E-state index in [-0.39, 0.29) is 6.04 Å². The van der Waals surface area contributed by atoms with Crippen molar-refractivity contribution in [1.82, 2.24) is 4.98 Å². The molecule has 1 atom stereocenters. The van der Waals surface area contributed by atoms with Crippen molar-refractivity contribution in [2.45, 2.75) is 13.0 Å². The number of nitrogens with one attached hydrogen (secondary N) is 1. The van der Waals surface area contributed by atoms with Crippen LogP contribution >= 0.6 is 0 Å². The van der Waals surface area contributed by atoms with Gasteiger partial charge in [-0.3, -0.25) is 0 Å². The molecule has 1 N–H and O–H groups in total. The third-order valence-electron chi connectivity index (χ3n) is 2.60. The fraction of sp³-hybridized carbons (Fsp3) is 0.214. The Hall–Kier alpha value is -2.03. The number of aromatic nitrogens is 1. The van der Waals surface area contributed by atoms with Crippen LogP contribution in [0.15, 0.2) is 48.5 Å². The molecule has 0 aliphatic carbocycles. The standard InChI is InChI=1S/C14H16N2O/c1-11(12-7-4-3-5-8-12)15-13-9-6-10-14(16-13)17-2/h3-11H,1-2H3,(H,15,16)/t11-/m1/s1. The van der Waals surface area contributed by atoms with Crippen LogP contribution in [0.3, 0.4) is 0 Å². The van der Waals surface area contributed by atoms with Crippen molar-refractivity contribution in [1.29, 1.82) is 0 Å². The van der Waals surface area contributed by atoms with E-state index in [1.54, 1.807) is 7.11 Å². The van der Waals surface area contributed by atoms with Crippen molar-refractivity contribution in [2.75, 3.05) is 12.4 Å². The van der Waals surface area contributed by atoms with Gasteiger partial charge in [-0.2, -0.15) is 4.98 Å². The van der Waals surface area contributed by atoms with E-state index in [4.69, 9.17) is 4.74 Å². The van der Waals surface area contributed by atoms with Gasteiger partial charge in [0.15, 0.2) is 0 Å². The maximum Gasteiger partial charge on any atom is 0.214 e. The van der Waals surface area contributed by atoms with Gasteiger partial charge in [-0.1, -0.05) is 36.4 Å². The van der Waals surface area contributed by atoms with Crippen molar-refractivity contribution in [2.24, 2.45) is 0 Å². The number of rotatable bonds is 4. The molecule has 0 spiro atoms. The Bertz CT molecular complexity index is 471. The summed E-state index contributed by atoms with van der Waals surface area (Å²) in [5.74, 6) is 1.44. The normalized spacial score (nSPS) is 11.9. The fourth-order valence-electron chi connectivity index (χ4n) is 1.66. The number of hydrogen-bond acceptors (Lipinski definition) is 3. The Kier molecular flexibility index (Phi) is 3.60. The quantitative estimate of drug-likeness (QED) is 0.872. The molecule has 0 aliphatic rings. The molecule has 3 nitrogen and oxygen atoms in total. The molecular formula is C14H16N2O. The minimum atomic E-state index is 0.218. The molecule has 0 radical (unpaired) electrons. The first-order valence-electron chi connectivity index (χ1n) is 5.62. The van der Waals surface area contributed by atoms with E-state index in [0.29, 0.717) is 5.88 Å². The van der Waals surface area contributed by atoms with Crippen LogP contribution in [0.5, 0.6) is 5.88 Å². The summed E-state index contributed by atoms with van der Waals surface area (Å²) in [6, 6.07) is 16.2. The average molecular weight is 228 g/mol. The molecule has 0 bridgehead atoms. The molecule has 0 amide bonds. The lowest BCUT2D eigenvalue weighted by atomic mass is 10.1. The highest BCUT2D eigenvalue weighted by atomic mass is 16.5. The van der Waals surface area contributed by atoms with Gasteiger partial charge in [0.2, 0.25) is 5.88 Å². The van der Waals surface area contributed by atoms with Gasteiger partial charge in [-0.25, -0.2) is 0 Å². The smallest absolute Gasteiger partial charge is 0.214 e. The lowest BCUT2D eigenvalue weighted by Crippen LogP contribution is -2.07. The fourth-order valence-corrected chi connectivity index (χ4v) is 1.66. The second-order valence-corrected chi connectivity index (χ2v) is 3.84. The number of benzene rings is 1.